The SMILES string of the molecule is O=C(O)NC1(c2ccc(-c3nc4c(cc3-c3ccccc3)-n3c(n[nH]c3=O)CO4)cc2)CCC1. The predicted octanol–water partition coefficient (Wildman–Crippen LogP) is 3.83. The second kappa shape index (κ2) is 7.58. The van der Waals surface area contributed by atoms with Gasteiger partial charge < -0.3 is 15.2 Å². The van der Waals surface area contributed by atoms with Gasteiger partial charge in [-0.3, -0.25) is 0 Å². The topological polar surface area (TPSA) is 122 Å². The zero-order chi connectivity index (χ0) is 23.3. The molecule has 0 radical (unpaired) electrons. The molecule has 6 rings (SSSR count). The third-order valence-electron chi connectivity index (χ3n) is 6.64. The molecule has 2 aromatic heterocycles. The number of hydrogen-bond acceptors (Lipinski definition) is 5. The standard InChI is InChI=1S/C25H21N5O4/c31-23-29-28-20-14-34-22-19(30(20)23)13-18(15-5-2-1-3-6-15)21(26-22)16-7-9-17(10-8-16)25(11-4-12-25)27-24(32)33/h1-3,5-10,13,27H,4,11-12,14H2,(H,29,31)(H,32,33). The molecule has 3 heterocycles. The normalized spacial score (nSPS) is 15.4. The molecule has 0 saturated heterocycles. The smallest absolute Gasteiger partial charge is 0.405 e. The molecule has 1 fully saturated rings. The lowest BCUT2D eigenvalue weighted by Gasteiger charge is -2.42. The molecule has 4 aromatic rings. The summed E-state index contributed by atoms with van der Waals surface area (Å²) in [4.78, 5) is 28.5. The Morgan fingerprint density at radius 3 is 2.53 bits per heavy atom. The van der Waals surface area contributed by atoms with E-state index in [0.717, 1.165) is 41.5 Å². The highest BCUT2D eigenvalue weighted by Gasteiger charge is 2.40. The van der Waals surface area contributed by atoms with Gasteiger partial charge in [-0.15, -0.1) is 0 Å². The van der Waals surface area contributed by atoms with Crippen molar-refractivity contribution in [1.82, 2.24) is 25.1 Å². The van der Waals surface area contributed by atoms with E-state index in [2.05, 4.69) is 15.5 Å². The lowest BCUT2D eigenvalue weighted by atomic mass is 9.71. The summed E-state index contributed by atoms with van der Waals surface area (Å²) in [6.07, 6.45) is 1.53. The molecule has 9 nitrogen and oxygen atoms in total. The third kappa shape index (κ3) is 3.16. The van der Waals surface area contributed by atoms with E-state index >= 15 is 0 Å². The summed E-state index contributed by atoms with van der Waals surface area (Å²) in [5, 5.41) is 18.5. The number of hydrogen-bond donors (Lipinski definition) is 3. The highest BCUT2D eigenvalue weighted by molar-refractivity contribution is 5.83. The van der Waals surface area contributed by atoms with Crippen molar-refractivity contribution >= 4 is 6.09 Å². The van der Waals surface area contributed by atoms with Crippen molar-refractivity contribution in [2.75, 3.05) is 0 Å². The van der Waals surface area contributed by atoms with E-state index < -0.39 is 11.6 Å². The molecule has 1 saturated carbocycles. The molecule has 9 heteroatoms. The number of carboxylic acid groups (broad SMARTS) is 1. The maximum absolute atomic E-state index is 12.4. The van der Waals surface area contributed by atoms with Crippen LogP contribution in [-0.2, 0) is 12.1 Å². The van der Waals surface area contributed by atoms with Crippen molar-refractivity contribution in [2.24, 2.45) is 0 Å². The highest BCUT2D eigenvalue weighted by atomic mass is 16.5. The molecule has 0 bridgehead atoms. The number of carbonyl (C=O) groups is 1. The average molecular weight is 455 g/mol. The van der Waals surface area contributed by atoms with E-state index in [9.17, 15) is 14.7 Å². The van der Waals surface area contributed by atoms with Gasteiger partial charge in [0, 0.05) is 11.1 Å². The van der Waals surface area contributed by atoms with Crippen LogP contribution in [0.25, 0.3) is 28.1 Å². The molecule has 0 spiro atoms. The maximum atomic E-state index is 12.4. The van der Waals surface area contributed by atoms with Crippen molar-refractivity contribution in [2.45, 2.75) is 31.4 Å². The predicted molar refractivity (Wildman–Crippen MR) is 124 cm³/mol. The van der Waals surface area contributed by atoms with E-state index in [0.29, 0.717) is 23.1 Å². The van der Waals surface area contributed by atoms with Crippen LogP contribution >= 0.6 is 0 Å². The number of benzene rings is 2. The lowest BCUT2D eigenvalue weighted by molar-refractivity contribution is 0.144. The number of H-pyrrole nitrogens is 1. The summed E-state index contributed by atoms with van der Waals surface area (Å²) in [5.74, 6) is 0.852. The molecule has 34 heavy (non-hydrogen) atoms. The number of fused-ring (bicyclic) bond motifs is 3. The first kappa shape index (κ1) is 20.2. The number of aromatic amines is 1. The Labute approximate surface area is 194 Å². The van der Waals surface area contributed by atoms with Crippen LogP contribution in [0.15, 0.2) is 65.5 Å². The molecule has 2 aliphatic rings. The van der Waals surface area contributed by atoms with Gasteiger partial charge in [0.05, 0.1) is 11.2 Å². The first-order valence-electron chi connectivity index (χ1n) is 11.1. The maximum Gasteiger partial charge on any atom is 0.405 e. The van der Waals surface area contributed by atoms with Crippen molar-refractivity contribution < 1.29 is 14.6 Å². The van der Waals surface area contributed by atoms with Gasteiger partial charge in [0.15, 0.2) is 12.4 Å². The number of aromatic nitrogens is 4. The first-order chi connectivity index (χ1) is 16.5. The molecular formula is C25H21N5O4. The Kier molecular flexibility index (Phi) is 4.51. The van der Waals surface area contributed by atoms with Crippen molar-refractivity contribution in [1.29, 1.82) is 0 Å². The van der Waals surface area contributed by atoms with Crippen molar-refractivity contribution in [3.8, 4) is 34.0 Å². The fourth-order valence-corrected chi connectivity index (χ4v) is 4.79. The van der Waals surface area contributed by atoms with Gasteiger partial charge in [-0.1, -0.05) is 54.6 Å². The fourth-order valence-electron chi connectivity index (χ4n) is 4.79. The van der Waals surface area contributed by atoms with Crippen molar-refractivity contribution in [3.63, 3.8) is 0 Å². The molecule has 0 unspecified atom stereocenters. The van der Waals surface area contributed by atoms with Gasteiger partial charge in [-0.2, -0.15) is 5.10 Å². The zero-order valence-electron chi connectivity index (χ0n) is 18.1. The second-order valence-electron chi connectivity index (χ2n) is 8.59. The van der Waals surface area contributed by atoms with Gasteiger partial charge >= 0.3 is 11.8 Å². The van der Waals surface area contributed by atoms with Crippen LogP contribution in [0.4, 0.5) is 4.79 Å². The van der Waals surface area contributed by atoms with E-state index in [1.54, 1.807) is 0 Å². The van der Waals surface area contributed by atoms with E-state index in [1.165, 1.54) is 4.57 Å². The van der Waals surface area contributed by atoms with Crippen LogP contribution in [0, 0.1) is 0 Å². The van der Waals surface area contributed by atoms with Gasteiger partial charge in [0.2, 0.25) is 5.88 Å². The van der Waals surface area contributed by atoms with Crippen LogP contribution in [-0.4, -0.2) is 30.9 Å². The number of rotatable bonds is 4. The van der Waals surface area contributed by atoms with Crippen LogP contribution < -0.4 is 15.7 Å². The molecule has 1 aliphatic carbocycles. The average Bonchev–Trinajstić information content (AvgIpc) is 3.22. The number of nitrogens with one attached hydrogen (secondary N) is 2. The minimum atomic E-state index is -1.02. The first-order valence-corrected chi connectivity index (χ1v) is 11.1. The molecule has 170 valence electrons. The van der Waals surface area contributed by atoms with Crippen LogP contribution in [0.2, 0.25) is 0 Å². The molecule has 1 amide bonds. The minimum Gasteiger partial charge on any atom is -0.468 e. The fraction of sp³-hybridized carbons (Fsp3) is 0.200. The quantitative estimate of drug-likeness (QED) is 0.430. The number of pyridine rings is 1. The Balaban J connectivity index is 1.49. The Bertz CT molecular complexity index is 1450. The molecule has 1 aliphatic heterocycles. The lowest BCUT2D eigenvalue weighted by Crippen LogP contribution is -2.50. The third-order valence-corrected chi connectivity index (χ3v) is 6.64. The Hall–Kier alpha value is -4.40. The van der Waals surface area contributed by atoms with Crippen LogP contribution in [0.3, 0.4) is 0 Å². The molecule has 3 N–H and O–H groups in total. The van der Waals surface area contributed by atoms with Crippen molar-refractivity contribution in [3.05, 3.63) is 82.5 Å². The van der Waals surface area contributed by atoms with Gasteiger partial charge in [-0.05, 0) is 36.5 Å². The van der Waals surface area contributed by atoms with Gasteiger partial charge in [-0.25, -0.2) is 24.2 Å². The number of nitrogens with zero attached hydrogens (tertiary/aromatic N) is 3. The van der Waals surface area contributed by atoms with Gasteiger partial charge in [0.1, 0.15) is 5.69 Å². The van der Waals surface area contributed by atoms with Crippen LogP contribution in [0.5, 0.6) is 5.88 Å². The van der Waals surface area contributed by atoms with E-state index in [4.69, 9.17) is 9.72 Å². The van der Waals surface area contributed by atoms with E-state index in [-0.39, 0.29) is 12.3 Å². The second-order valence-corrected chi connectivity index (χ2v) is 8.59. The van der Waals surface area contributed by atoms with E-state index in [1.807, 2.05) is 60.7 Å². The number of ether oxygens (including phenoxy) is 1. The monoisotopic (exact) mass is 455 g/mol. The van der Waals surface area contributed by atoms with Crippen LogP contribution in [0.1, 0.15) is 30.7 Å². The number of amides is 1. The summed E-state index contributed by atoms with van der Waals surface area (Å²) in [6.45, 7) is 0.144. The summed E-state index contributed by atoms with van der Waals surface area (Å²) in [6, 6.07) is 19.6. The summed E-state index contributed by atoms with van der Waals surface area (Å²) >= 11 is 0. The largest absolute Gasteiger partial charge is 0.468 e. The highest BCUT2D eigenvalue weighted by Crippen LogP contribution is 2.43. The summed E-state index contributed by atoms with van der Waals surface area (Å²) < 4.78 is 7.33. The minimum absolute atomic E-state index is 0.144. The molecule has 0 atom stereocenters. The zero-order valence-corrected chi connectivity index (χ0v) is 18.1. The molecular weight excluding hydrogens is 434 g/mol. The van der Waals surface area contributed by atoms with Gasteiger partial charge in [0.25, 0.3) is 0 Å². The summed E-state index contributed by atoms with van der Waals surface area (Å²) in [5.41, 5.74) is 3.98. The summed E-state index contributed by atoms with van der Waals surface area (Å²) in [7, 11) is 0. The Morgan fingerprint density at radius 2 is 1.85 bits per heavy atom. The Morgan fingerprint density at radius 1 is 1.09 bits per heavy atom. The molecule has 2 aromatic carbocycles.